The van der Waals surface area contributed by atoms with Crippen molar-refractivity contribution in [1.29, 1.82) is 0 Å². The van der Waals surface area contributed by atoms with Crippen molar-refractivity contribution in [1.82, 2.24) is 15.1 Å². The molecule has 0 saturated carbocycles. The summed E-state index contributed by atoms with van der Waals surface area (Å²) in [6, 6.07) is 14.0. The lowest BCUT2D eigenvalue weighted by Crippen LogP contribution is -2.28. The van der Waals surface area contributed by atoms with Gasteiger partial charge in [0.25, 0.3) is 5.91 Å². The molecular formula is C19H15N3O4. The second kappa shape index (κ2) is 6.36. The van der Waals surface area contributed by atoms with E-state index in [0.717, 1.165) is 5.69 Å². The molecule has 7 nitrogen and oxygen atoms in total. The van der Waals surface area contributed by atoms with Crippen LogP contribution in [0.25, 0.3) is 22.4 Å². The zero-order valence-electron chi connectivity index (χ0n) is 13.9. The smallest absolute Gasteiger partial charge is 0.349 e. The van der Waals surface area contributed by atoms with Gasteiger partial charge in [-0.1, -0.05) is 18.2 Å². The van der Waals surface area contributed by atoms with E-state index in [9.17, 15) is 9.59 Å². The highest BCUT2D eigenvalue weighted by molar-refractivity contribution is 5.96. The normalized spacial score (nSPS) is 11.0. The second-order valence-corrected chi connectivity index (χ2v) is 5.79. The summed E-state index contributed by atoms with van der Waals surface area (Å²) in [6.45, 7) is 0.180. The van der Waals surface area contributed by atoms with E-state index in [1.807, 2.05) is 18.2 Å². The Morgan fingerprint density at radius 1 is 1.19 bits per heavy atom. The van der Waals surface area contributed by atoms with Crippen LogP contribution < -0.4 is 10.9 Å². The number of rotatable bonds is 4. The third-order valence-corrected chi connectivity index (χ3v) is 4.02. The molecular weight excluding hydrogens is 334 g/mol. The molecule has 26 heavy (non-hydrogen) atoms. The molecule has 0 aliphatic carbocycles. The molecule has 3 heterocycles. The van der Waals surface area contributed by atoms with Crippen molar-refractivity contribution < 1.29 is 13.6 Å². The van der Waals surface area contributed by atoms with Crippen LogP contribution in [0.4, 0.5) is 0 Å². The predicted molar refractivity (Wildman–Crippen MR) is 94.6 cm³/mol. The highest BCUT2D eigenvalue weighted by Gasteiger charge is 2.15. The first-order valence-electron chi connectivity index (χ1n) is 8.00. The number of hydrogen-bond acceptors (Lipinski definition) is 5. The molecule has 1 aromatic carbocycles. The molecule has 0 aliphatic heterocycles. The number of furan rings is 1. The first-order chi connectivity index (χ1) is 12.6. The van der Waals surface area contributed by atoms with Gasteiger partial charge >= 0.3 is 5.63 Å². The van der Waals surface area contributed by atoms with Crippen molar-refractivity contribution in [2.45, 2.75) is 6.54 Å². The van der Waals surface area contributed by atoms with Crippen LogP contribution in [0.2, 0.25) is 0 Å². The van der Waals surface area contributed by atoms with Gasteiger partial charge in [-0.3, -0.25) is 9.48 Å². The lowest BCUT2D eigenvalue weighted by atomic mass is 10.2. The average Bonchev–Trinajstić information content (AvgIpc) is 3.28. The molecule has 0 saturated heterocycles. The maximum absolute atomic E-state index is 12.4. The highest BCUT2D eigenvalue weighted by Crippen LogP contribution is 2.20. The van der Waals surface area contributed by atoms with E-state index in [-0.39, 0.29) is 12.1 Å². The Balaban J connectivity index is 1.54. The Bertz CT molecular complexity index is 1140. The van der Waals surface area contributed by atoms with Gasteiger partial charge < -0.3 is 14.2 Å². The van der Waals surface area contributed by atoms with Crippen molar-refractivity contribution in [2.75, 3.05) is 0 Å². The van der Waals surface area contributed by atoms with E-state index in [0.29, 0.717) is 22.4 Å². The van der Waals surface area contributed by atoms with Crippen LogP contribution in [0.15, 0.2) is 68.4 Å². The minimum Gasteiger partial charge on any atom is -0.463 e. The minimum absolute atomic E-state index is 0.0362. The SMILES string of the molecule is Cn1nc(CNC(=O)c2cc3ccccc3oc2=O)cc1-c1ccco1. The van der Waals surface area contributed by atoms with Crippen LogP contribution in [0, 0.1) is 0 Å². The van der Waals surface area contributed by atoms with Crippen LogP contribution in [0.1, 0.15) is 16.1 Å². The van der Waals surface area contributed by atoms with Gasteiger partial charge in [-0.15, -0.1) is 0 Å². The molecule has 130 valence electrons. The molecule has 3 aromatic heterocycles. The lowest BCUT2D eigenvalue weighted by molar-refractivity contribution is 0.0947. The molecule has 0 aliphatic rings. The Labute approximate surface area is 147 Å². The molecule has 0 fully saturated rings. The van der Waals surface area contributed by atoms with Gasteiger partial charge in [0, 0.05) is 12.4 Å². The first-order valence-corrected chi connectivity index (χ1v) is 8.00. The average molecular weight is 349 g/mol. The number of amides is 1. The standard InChI is InChI=1S/C19H15N3O4/c1-22-15(17-7-4-8-25-17)10-13(21-22)11-20-18(23)14-9-12-5-2-3-6-16(12)26-19(14)24/h2-10H,11H2,1H3,(H,20,23). The minimum atomic E-state index is -0.668. The van der Waals surface area contributed by atoms with E-state index in [4.69, 9.17) is 8.83 Å². The van der Waals surface area contributed by atoms with Crippen molar-refractivity contribution in [2.24, 2.45) is 7.05 Å². The van der Waals surface area contributed by atoms with E-state index in [2.05, 4.69) is 10.4 Å². The quantitative estimate of drug-likeness (QED) is 0.572. The van der Waals surface area contributed by atoms with Gasteiger partial charge in [0.2, 0.25) is 0 Å². The fraction of sp³-hybridized carbons (Fsp3) is 0.105. The molecule has 0 bridgehead atoms. The van der Waals surface area contributed by atoms with Crippen LogP contribution in [0.3, 0.4) is 0 Å². The summed E-state index contributed by atoms with van der Waals surface area (Å²) in [5.41, 5.74) is 1.19. The zero-order valence-corrected chi connectivity index (χ0v) is 13.9. The van der Waals surface area contributed by atoms with E-state index in [1.165, 1.54) is 6.07 Å². The molecule has 4 rings (SSSR count). The summed E-state index contributed by atoms with van der Waals surface area (Å²) in [5, 5.41) is 7.74. The second-order valence-electron chi connectivity index (χ2n) is 5.79. The van der Waals surface area contributed by atoms with Gasteiger partial charge in [0.15, 0.2) is 5.76 Å². The lowest BCUT2D eigenvalue weighted by Gasteiger charge is -2.03. The molecule has 1 N–H and O–H groups in total. The van der Waals surface area contributed by atoms with E-state index in [1.54, 1.807) is 42.3 Å². The van der Waals surface area contributed by atoms with Crippen LogP contribution in [0.5, 0.6) is 0 Å². The summed E-state index contributed by atoms with van der Waals surface area (Å²) in [6.07, 6.45) is 1.59. The van der Waals surface area contributed by atoms with Crippen molar-refractivity contribution in [3.63, 3.8) is 0 Å². The number of carbonyl (C=O) groups is 1. The highest BCUT2D eigenvalue weighted by atomic mass is 16.4. The monoisotopic (exact) mass is 349 g/mol. The van der Waals surface area contributed by atoms with Crippen molar-refractivity contribution >= 4 is 16.9 Å². The zero-order chi connectivity index (χ0) is 18.1. The molecule has 0 radical (unpaired) electrons. The maximum Gasteiger partial charge on any atom is 0.349 e. The number of para-hydroxylation sites is 1. The fourth-order valence-corrected chi connectivity index (χ4v) is 2.75. The van der Waals surface area contributed by atoms with Crippen LogP contribution >= 0.6 is 0 Å². The Morgan fingerprint density at radius 2 is 2.04 bits per heavy atom. The maximum atomic E-state index is 12.4. The van der Waals surface area contributed by atoms with E-state index >= 15 is 0 Å². The molecule has 0 spiro atoms. The third-order valence-electron chi connectivity index (χ3n) is 4.02. The summed E-state index contributed by atoms with van der Waals surface area (Å²) in [4.78, 5) is 24.4. The predicted octanol–water partition coefficient (Wildman–Crippen LogP) is 2.72. The molecule has 7 heteroatoms. The Hall–Kier alpha value is -3.61. The molecule has 4 aromatic rings. The number of nitrogens with zero attached hydrogens (tertiary/aromatic N) is 2. The van der Waals surface area contributed by atoms with Gasteiger partial charge in [0.1, 0.15) is 16.8 Å². The summed E-state index contributed by atoms with van der Waals surface area (Å²) in [5.74, 6) is 0.183. The number of hydrogen-bond donors (Lipinski definition) is 1. The Kier molecular flexibility index (Phi) is 3.89. The molecule has 1 amide bonds. The third kappa shape index (κ3) is 2.90. The topological polar surface area (TPSA) is 90.3 Å². The number of fused-ring (bicyclic) bond motifs is 1. The fourth-order valence-electron chi connectivity index (χ4n) is 2.75. The number of benzene rings is 1. The van der Waals surface area contributed by atoms with Crippen LogP contribution in [-0.2, 0) is 13.6 Å². The number of aromatic nitrogens is 2. The van der Waals surface area contributed by atoms with Gasteiger partial charge in [-0.05, 0) is 30.3 Å². The van der Waals surface area contributed by atoms with Gasteiger partial charge in [-0.2, -0.15) is 5.10 Å². The molecule has 0 atom stereocenters. The van der Waals surface area contributed by atoms with Crippen molar-refractivity contribution in [3.8, 4) is 11.5 Å². The number of carbonyl (C=O) groups excluding carboxylic acids is 1. The van der Waals surface area contributed by atoms with Crippen LogP contribution in [-0.4, -0.2) is 15.7 Å². The summed E-state index contributed by atoms with van der Waals surface area (Å²) >= 11 is 0. The first kappa shape index (κ1) is 15.9. The van der Waals surface area contributed by atoms with E-state index < -0.39 is 11.5 Å². The summed E-state index contributed by atoms with van der Waals surface area (Å²) in [7, 11) is 1.79. The number of aryl methyl sites for hydroxylation is 1. The Morgan fingerprint density at radius 3 is 2.85 bits per heavy atom. The van der Waals surface area contributed by atoms with Crippen molar-refractivity contribution in [3.05, 3.63) is 76.5 Å². The molecule has 0 unspecified atom stereocenters. The van der Waals surface area contributed by atoms with Gasteiger partial charge in [0.05, 0.1) is 18.5 Å². The van der Waals surface area contributed by atoms with Gasteiger partial charge in [-0.25, -0.2) is 4.79 Å². The largest absolute Gasteiger partial charge is 0.463 e. The summed E-state index contributed by atoms with van der Waals surface area (Å²) < 4.78 is 12.2. The number of nitrogens with one attached hydrogen (secondary N) is 1.